The van der Waals surface area contributed by atoms with Crippen molar-refractivity contribution in [1.29, 1.82) is 0 Å². The van der Waals surface area contributed by atoms with Crippen LogP contribution < -0.4 is 0 Å². The van der Waals surface area contributed by atoms with E-state index in [9.17, 15) is 9.59 Å². The van der Waals surface area contributed by atoms with Gasteiger partial charge in [-0.1, -0.05) is 65.7 Å². The Morgan fingerprint density at radius 2 is 0.931 bits per heavy atom. The lowest BCUT2D eigenvalue weighted by Gasteiger charge is -2.21. The molecular weight excluding hydrogens is 356 g/mol. The zero-order valence-electron chi connectivity index (χ0n) is 18.1. The maximum Gasteiger partial charge on any atom is 0.178 e. The monoisotopic (exact) mass is 384 g/mol. The van der Waals surface area contributed by atoms with Gasteiger partial charge in [-0.2, -0.15) is 0 Å². The molecule has 3 rings (SSSR count). The first kappa shape index (κ1) is 20.7. The average molecular weight is 385 g/mol. The van der Waals surface area contributed by atoms with Gasteiger partial charge in [0.2, 0.25) is 0 Å². The Morgan fingerprint density at radius 3 is 1.28 bits per heavy atom. The minimum absolute atomic E-state index is 0.129. The van der Waals surface area contributed by atoms with Gasteiger partial charge in [-0.25, -0.2) is 0 Å². The molecule has 0 fully saturated rings. The second-order valence-corrected chi connectivity index (χ2v) is 8.12. The van der Waals surface area contributed by atoms with Crippen LogP contribution in [0.25, 0.3) is 0 Å². The highest BCUT2D eigenvalue weighted by Crippen LogP contribution is 2.31. The van der Waals surface area contributed by atoms with Crippen molar-refractivity contribution < 1.29 is 9.59 Å². The Balaban J connectivity index is 2.20. The second-order valence-electron chi connectivity index (χ2n) is 8.12. The lowest BCUT2D eigenvalue weighted by Crippen LogP contribution is -2.25. The summed E-state index contributed by atoms with van der Waals surface area (Å²) in [6.45, 7) is 11.8. The first-order valence-electron chi connectivity index (χ1n) is 9.99. The molecule has 3 aromatic rings. The van der Waals surface area contributed by atoms with Crippen molar-refractivity contribution in [2.45, 2.75) is 47.5 Å². The van der Waals surface area contributed by atoms with Crippen molar-refractivity contribution >= 4 is 11.6 Å². The molecule has 0 aliphatic carbocycles. The van der Waals surface area contributed by atoms with Crippen LogP contribution in [0.4, 0.5) is 0 Å². The van der Waals surface area contributed by atoms with Crippen LogP contribution in [-0.2, 0) is 0 Å². The molecule has 148 valence electrons. The number of hydrogen-bond acceptors (Lipinski definition) is 2. The normalized spacial score (nSPS) is 11.0. The average Bonchev–Trinajstić information content (AvgIpc) is 2.61. The summed E-state index contributed by atoms with van der Waals surface area (Å²) < 4.78 is 0. The number of Topliss-reactive ketones (excluding diaryl/α,β-unsaturated/α-hetero) is 2. The Hall–Kier alpha value is -3.00. The molecule has 29 heavy (non-hydrogen) atoms. The van der Waals surface area contributed by atoms with E-state index >= 15 is 0 Å². The van der Waals surface area contributed by atoms with Gasteiger partial charge in [0.1, 0.15) is 5.92 Å². The molecule has 3 aromatic carbocycles. The summed E-state index contributed by atoms with van der Waals surface area (Å²) in [6, 6.07) is 17.4. The number of carbonyl (C=O) groups excluding carboxylic acids is 2. The minimum Gasteiger partial charge on any atom is -0.293 e. The van der Waals surface area contributed by atoms with Crippen LogP contribution in [0.2, 0.25) is 0 Å². The number of aryl methyl sites for hydroxylation is 6. The predicted octanol–water partition coefficient (Wildman–Crippen LogP) is 6.39. The minimum atomic E-state index is -0.851. The van der Waals surface area contributed by atoms with Crippen molar-refractivity contribution in [3.63, 3.8) is 0 Å². The number of benzene rings is 3. The van der Waals surface area contributed by atoms with E-state index in [0.717, 1.165) is 38.9 Å². The number of ketones is 2. The van der Waals surface area contributed by atoms with Crippen molar-refractivity contribution in [3.05, 3.63) is 105 Å². The van der Waals surface area contributed by atoms with Gasteiger partial charge in [-0.05, 0) is 69.4 Å². The quantitative estimate of drug-likeness (QED) is 0.377. The highest BCUT2D eigenvalue weighted by Gasteiger charge is 2.33. The molecule has 0 aliphatic rings. The molecular formula is C27H28O2. The second kappa shape index (κ2) is 8.16. The molecule has 0 atom stereocenters. The van der Waals surface area contributed by atoms with Crippen molar-refractivity contribution in [2.75, 3.05) is 0 Å². The molecule has 0 saturated carbocycles. The molecule has 2 heteroatoms. The van der Waals surface area contributed by atoms with Crippen LogP contribution in [0.1, 0.15) is 65.6 Å². The van der Waals surface area contributed by atoms with Crippen LogP contribution in [-0.4, -0.2) is 11.6 Å². The van der Waals surface area contributed by atoms with Crippen LogP contribution in [0, 0.1) is 41.5 Å². The van der Waals surface area contributed by atoms with Gasteiger partial charge in [0.25, 0.3) is 0 Å². The summed E-state index contributed by atoms with van der Waals surface area (Å²) >= 11 is 0. The van der Waals surface area contributed by atoms with Gasteiger partial charge < -0.3 is 0 Å². The van der Waals surface area contributed by atoms with Gasteiger partial charge in [-0.3, -0.25) is 9.59 Å². The molecule has 0 saturated heterocycles. The van der Waals surface area contributed by atoms with E-state index in [-0.39, 0.29) is 11.6 Å². The van der Waals surface area contributed by atoms with E-state index in [0.29, 0.717) is 11.1 Å². The Morgan fingerprint density at radius 1 is 0.586 bits per heavy atom. The fraction of sp³-hybridized carbons (Fsp3) is 0.259. The van der Waals surface area contributed by atoms with Gasteiger partial charge in [0.15, 0.2) is 11.6 Å². The Kier molecular flexibility index (Phi) is 5.83. The summed E-state index contributed by atoms with van der Waals surface area (Å²) in [5.41, 5.74) is 7.93. The fourth-order valence-corrected chi connectivity index (χ4v) is 4.49. The third-order valence-electron chi connectivity index (χ3n) is 5.50. The third kappa shape index (κ3) is 4.07. The molecule has 0 N–H and O–H groups in total. The standard InChI is InChI=1S/C27H28O2/c1-16-12-18(3)23(19(4)13-16)26(28)25(22-10-8-7-9-11-22)27(29)24-20(5)14-17(2)15-21(24)6/h7-15,25H,1-6H3. The number of hydrogen-bond donors (Lipinski definition) is 0. The Labute approximate surface area is 173 Å². The fourth-order valence-electron chi connectivity index (χ4n) is 4.49. The zero-order chi connectivity index (χ0) is 21.3. The lowest BCUT2D eigenvalue weighted by atomic mass is 9.80. The highest BCUT2D eigenvalue weighted by atomic mass is 16.2. The van der Waals surface area contributed by atoms with Gasteiger partial charge in [-0.15, -0.1) is 0 Å². The maximum absolute atomic E-state index is 13.8. The first-order chi connectivity index (χ1) is 13.7. The molecule has 0 bridgehead atoms. The molecule has 2 nitrogen and oxygen atoms in total. The van der Waals surface area contributed by atoms with Crippen LogP contribution in [0.3, 0.4) is 0 Å². The molecule has 0 amide bonds. The van der Waals surface area contributed by atoms with E-state index in [1.54, 1.807) is 0 Å². The molecule has 0 radical (unpaired) electrons. The van der Waals surface area contributed by atoms with Crippen molar-refractivity contribution in [1.82, 2.24) is 0 Å². The smallest absolute Gasteiger partial charge is 0.178 e. The Bertz CT molecular complexity index is 975. The van der Waals surface area contributed by atoms with Crippen LogP contribution >= 0.6 is 0 Å². The predicted molar refractivity (Wildman–Crippen MR) is 119 cm³/mol. The largest absolute Gasteiger partial charge is 0.293 e. The topological polar surface area (TPSA) is 34.1 Å². The van der Waals surface area contributed by atoms with Gasteiger partial charge in [0.05, 0.1) is 0 Å². The van der Waals surface area contributed by atoms with Crippen LogP contribution in [0.5, 0.6) is 0 Å². The third-order valence-corrected chi connectivity index (χ3v) is 5.50. The molecule has 0 aromatic heterocycles. The SMILES string of the molecule is Cc1cc(C)c(C(=O)C(C(=O)c2c(C)cc(C)cc2C)c2ccccc2)c(C)c1. The maximum atomic E-state index is 13.8. The van der Waals surface area contributed by atoms with E-state index in [1.165, 1.54) is 0 Å². The number of carbonyl (C=O) groups is 2. The van der Waals surface area contributed by atoms with E-state index in [1.807, 2.05) is 96.1 Å². The summed E-state index contributed by atoms with van der Waals surface area (Å²) in [5.74, 6) is -1.11. The zero-order valence-corrected chi connectivity index (χ0v) is 18.1. The van der Waals surface area contributed by atoms with E-state index in [4.69, 9.17) is 0 Å². The summed E-state index contributed by atoms with van der Waals surface area (Å²) in [7, 11) is 0. The summed E-state index contributed by atoms with van der Waals surface area (Å²) in [5, 5.41) is 0. The van der Waals surface area contributed by atoms with Gasteiger partial charge in [0, 0.05) is 11.1 Å². The lowest BCUT2D eigenvalue weighted by molar-refractivity contribution is 0.0859. The van der Waals surface area contributed by atoms with Crippen molar-refractivity contribution in [3.8, 4) is 0 Å². The molecule has 0 spiro atoms. The van der Waals surface area contributed by atoms with Crippen molar-refractivity contribution in [2.24, 2.45) is 0 Å². The van der Waals surface area contributed by atoms with E-state index in [2.05, 4.69) is 0 Å². The van der Waals surface area contributed by atoms with Crippen LogP contribution in [0.15, 0.2) is 54.6 Å². The molecule has 0 unspecified atom stereocenters. The molecule has 0 aliphatic heterocycles. The highest BCUT2D eigenvalue weighted by molar-refractivity contribution is 6.21. The molecule has 0 heterocycles. The first-order valence-corrected chi connectivity index (χ1v) is 9.99. The summed E-state index contributed by atoms with van der Waals surface area (Å²) in [6.07, 6.45) is 0. The summed E-state index contributed by atoms with van der Waals surface area (Å²) in [4.78, 5) is 27.6. The van der Waals surface area contributed by atoms with Gasteiger partial charge >= 0.3 is 0 Å². The van der Waals surface area contributed by atoms with E-state index < -0.39 is 5.92 Å². The number of rotatable bonds is 5.